The molecule has 0 saturated carbocycles. The zero-order chi connectivity index (χ0) is 29.2. The van der Waals surface area contributed by atoms with Crippen LogP contribution in [0.2, 0.25) is 0 Å². The van der Waals surface area contributed by atoms with Crippen molar-refractivity contribution in [3.8, 4) is 16.9 Å². The number of nitrogens with zero attached hydrogens (tertiary/aromatic N) is 4. The average Bonchev–Trinajstić information content (AvgIpc) is 3.15. The summed E-state index contributed by atoms with van der Waals surface area (Å²) >= 11 is 0. The lowest BCUT2D eigenvalue weighted by molar-refractivity contribution is -0.385. The van der Waals surface area contributed by atoms with Gasteiger partial charge < -0.3 is 25.2 Å². The van der Waals surface area contributed by atoms with Gasteiger partial charge in [0, 0.05) is 38.4 Å². The molecule has 1 aromatic heterocycles. The Morgan fingerprint density at radius 1 is 0.929 bits per heavy atom. The molecule has 1 fully saturated rings. The highest BCUT2D eigenvalue weighted by Gasteiger charge is 2.24. The number of fused-ring (bicyclic) bond motifs is 2. The number of methoxy groups -OCH3 is 1. The van der Waals surface area contributed by atoms with Gasteiger partial charge in [0.05, 0.1) is 41.1 Å². The van der Waals surface area contributed by atoms with E-state index in [1.54, 1.807) is 36.5 Å². The molecule has 0 radical (unpaired) electrons. The molecule has 0 atom stereocenters. The first-order valence-electron chi connectivity index (χ1n) is 13.5. The van der Waals surface area contributed by atoms with Crippen LogP contribution >= 0.6 is 0 Å². The van der Waals surface area contributed by atoms with Crippen LogP contribution in [-0.4, -0.2) is 59.9 Å². The van der Waals surface area contributed by atoms with E-state index >= 15 is 0 Å². The van der Waals surface area contributed by atoms with Gasteiger partial charge in [0.15, 0.2) is 5.75 Å². The molecule has 2 aliphatic heterocycles. The van der Waals surface area contributed by atoms with E-state index in [1.165, 1.54) is 13.2 Å². The van der Waals surface area contributed by atoms with E-state index in [0.717, 1.165) is 30.0 Å². The third-order valence-electron chi connectivity index (χ3n) is 7.54. The van der Waals surface area contributed by atoms with Gasteiger partial charge in [-0.1, -0.05) is 18.2 Å². The molecule has 3 heterocycles. The van der Waals surface area contributed by atoms with Crippen molar-refractivity contribution in [2.45, 2.75) is 6.42 Å². The van der Waals surface area contributed by atoms with E-state index in [-0.39, 0.29) is 29.7 Å². The molecule has 0 spiro atoms. The third kappa shape index (κ3) is 5.31. The number of hydrogen-bond donors (Lipinski definition) is 2. The summed E-state index contributed by atoms with van der Waals surface area (Å²) in [6.45, 7) is 2.69. The van der Waals surface area contributed by atoms with Crippen molar-refractivity contribution >= 4 is 40.4 Å². The predicted octanol–water partition coefficient (Wildman–Crippen LogP) is 4.87. The van der Waals surface area contributed by atoms with Gasteiger partial charge in [-0.15, -0.1) is 0 Å². The molecule has 2 N–H and O–H groups in total. The SMILES string of the molecule is COc1cc(-c2ccc3c(c2)Nc2cc(CC(=O)N4CCN(c5ccccn5)CC4)ccc2NC3=O)ccc1[N+](=O)[O-]. The summed E-state index contributed by atoms with van der Waals surface area (Å²) in [6, 6.07) is 21.3. The molecule has 11 nitrogen and oxygen atoms in total. The van der Waals surface area contributed by atoms with Crippen LogP contribution < -0.4 is 20.3 Å². The zero-order valence-corrected chi connectivity index (χ0v) is 22.9. The first-order chi connectivity index (χ1) is 20.4. The van der Waals surface area contributed by atoms with Crippen molar-refractivity contribution in [2.24, 2.45) is 0 Å². The molecule has 0 bridgehead atoms. The van der Waals surface area contributed by atoms with Crippen LogP contribution in [0.5, 0.6) is 5.75 Å². The number of pyridine rings is 1. The Morgan fingerprint density at radius 3 is 2.45 bits per heavy atom. The number of nitro benzene ring substituents is 1. The van der Waals surface area contributed by atoms with E-state index < -0.39 is 4.92 Å². The highest BCUT2D eigenvalue weighted by Crippen LogP contribution is 2.37. The fourth-order valence-electron chi connectivity index (χ4n) is 5.29. The largest absolute Gasteiger partial charge is 0.490 e. The van der Waals surface area contributed by atoms with Crippen molar-refractivity contribution in [2.75, 3.05) is 48.8 Å². The Labute approximate surface area is 241 Å². The number of ether oxygens (including phenoxy) is 1. The quantitative estimate of drug-likeness (QED) is 0.251. The van der Waals surface area contributed by atoms with Crippen LogP contribution in [0, 0.1) is 10.1 Å². The molecule has 0 unspecified atom stereocenters. The van der Waals surface area contributed by atoms with Gasteiger partial charge in [-0.25, -0.2) is 4.98 Å². The number of benzene rings is 3. The molecule has 2 aliphatic rings. The van der Waals surface area contributed by atoms with Crippen LogP contribution in [0.25, 0.3) is 11.1 Å². The van der Waals surface area contributed by atoms with E-state index in [1.807, 2.05) is 41.3 Å². The van der Waals surface area contributed by atoms with Crippen molar-refractivity contribution in [1.82, 2.24) is 9.88 Å². The van der Waals surface area contributed by atoms with E-state index in [4.69, 9.17) is 4.74 Å². The summed E-state index contributed by atoms with van der Waals surface area (Å²) in [5, 5.41) is 17.6. The standard InChI is InChI=1S/C31H28N6O5/c1-42-28-19-22(7-10-27(28)37(40)41)21-6-8-23-25(18-21)33-26-16-20(5-9-24(26)34-31(23)39)17-30(38)36-14-12-35(13-15-36)29-4-2-3-11-32-29/h2-11,16,18-19,33H,12-15,17H2,1H3,(H,34,39). The van der Waals surface area contributed by atoms with Gasteiger partial charge in [-0.2, -0.15) is 0 Å². The second-order valence-corrected chi connectivity index (χ2v) is 10.1. The molecule has 212 valence electrons. The minimum absolute atomic E-state index is 0.0445. The smallest absolute Gasteiger partial charge is 0.310 e. The number of hydrogen-bond acceptors (Lipinski definition) is 8. The zero-order valence-electron chi connectivity index (χ0n) is 22.9. The number of carbonyl (C=O) groups is 2. The van der Waals surface area contributed by atoms with Crippen LogP contribution in [-0.2, 0) is 11.2 Å². The van der Waals surface area contributed by atoms with Gasteiger partial charge in [-0.3, -0.25) is 19.7 Å². The monoisotopic (exact) mass is 564 g/mol. The van der Waals surface area contributed by atoms with E-state index in [2.05, 4.69) is 20.5 Å². The van der Waals surface area contributed by atoms with Crippen LogP contribution in [0.15, 0.2) is 79.0 Å². The van der Waals surface area contributed by atoms with Crippen molar-refractivity contribution in [3.05, 3.63) is 100 Å². The molecule has 4 aromatic rings. The minimum Gasteiger partial charge on any atom is -0.490 e. The Balaban J connectivity index is 1.19. The molecular formula is C31H28N6O5. The summed E-state index contributed by atoms with van der Waals surface area (Å²) in [5.41, 5.74) is 4.46. The van der Waals surface area contributed by atoms with Crippen molar-refractivity contribution < 1.29 is 19.2 Å². The first kappa shape index (κ1) is 26.8. The summed E-state index contributed by atoms with van der Waals surface area (Å²) in [6.07, 6.45) is 2.01. The third-order valence-corrected chi connectivity index (χ3v) is 7.54. The number of piperazine rings is 1. The van der Waals surface area contributed by atoms with Gasteiger partial charge in [0.1, 0.15) is 5.82 Å². The van der Waals surface area contributed by atoms with E-state index in [0.29, 0.717) is 41.3 Å². The molecule has 11 heteroatoms. The number of amides is 2. The lowest BCUT2D eigenvalue weighted by Gasteiger charge is -2.35. The maximum Gasteiger partial charge on any atom is 0.310 e. The molecule has 1 saturated heterocycles. The lowest BCUT2D eigenvalue weighted by Crippen LogP contribution is -2.49. The first-order valence-corrected chi connectivity index (χ1v) is 13.5. The Morgan fingerprint density at radius 2 is 1.71 bits per heavy atom. The molecule has 6 rings (SSSR count). The number of anilines is 4. The predicted molar refractivity (Wildman–Crippen MR) is 159 cm³/mol. The van der Waals surface area contributed by atoms with Gasteiger partial charge in [0.2, 0.25) is 5.91 Å². The maximum atomic E-state index is 13.2. The number of rotatable bonds is 6. The molecule has 42 heavy (non-hydrogen) atoms. The summed E-state index contributed by atoms with van der Waals surface area (Å²) in [7, 11) is 1.39. The molecule has 3 aromatic carbocycles. The number of nitrogens with one attached hydrogen (secondary N) is 2. The molecule has 2 amide bonds. The average molecular weight is 565 g/mol. The van der Waals surface area contributed by atoms with Gasteiger partial charge in [-0.05, 0) is 65.2 Å². The Bertz CT molecular complexity index is 1680. The number of carbonyl (C=O) groups excluding carboxylic acids is 2. The van der Waals surface area contributed by atoms with Crippen LogP contribution in [0.3, 0.4) is 0 Å². The van der Waals surface area contributed by atoms with E-state index in [9.17, 15) is 19.7 Å². The fraction of sp³-hybridized carbons (Fsp3) is 0.194. The molecule has 0 aliphatic carbocycles. The fourth-order valence-corrected chi connectivity index (χ4v) is 5.29. The Hall–Kier alpha value is -5.45. The number of nitro groups is 1. The summed E-state index contributed by atoms with van der Waals surface area (Å²) in [5.74, 6) is 0.845. The summed E-state index contributed by atoms with van der Waals surface area (Å²) < 4.78 is 5.22. The van der Waals surface area contributed by atoms with Gasteiger partial charge >= 0.3 is 5.69 Å². The van der Waals surface area contributed by atoms with Crippen molar-refractivity contribution in [3.63, 3.8) is 0 Å². The van der Waals surface area contributed by atoms with Crippen molar-refractivity contribution in [1.29, 1.82) is 0 Å². The maximum absolute atomic E-state index is 13.2. The molecular weight excluding hydrogens is 536 g/mol. The van der Waals surface area contributed by atoms with Crippen LogP contribution in [0.1, 0.15) is 15.9 Å². The topological polar surface area (TPSA) is 130 Å². The summed E-state index contributed by atoms with van der Waals surface area (Å²) in [4.78, 5) is 45.5. The Kier molecular flexibility index (Phi) is 7.14. The second-order valence-electron chi connectivity index (χ2n) is 10.1. The lowest BCUT2D eigenvalue weighted by atomic mass is 10.0. The minimum atomic E-state index is -0.493. The normalized spacial score (nSPS) is 14.2. The highest BCUT2D eigenvalue weighted by molar-refractivity contribution is 6.12. The number of aromatic nitrogens is 1. The second kappa shape index (κ2) is 11.2. The van der Waals surface area contributed by atoms with Gasteiger partial charge in [0.25, 0.3) is 5.91 Å². The highest BCUT2D eigenvalue weighted by atomic mass is 16.6. The van der Waals surface area contributed by atoms with Crippen LogP contribution in [0.4, 0.5) is 28.6 Å².